The van der Waals surface area contributed by atoms with Gasteiger partial charge in [0.15, 0.2) is 0 Å². The van der Waals surface area contributed by atoms with Crippen molar-refractivity contribution in [3.63, 3.8) is 0 Å². The van der Waals surface area contributed by atoms with E-state index in [-0.39, 0.29) is 6.10 Å². The van der Waals surface area contributed by atoms with Gasteiger partial charge in [0.25, 0.3) is 0 Å². The second kappa shape index (κ2) is 6.75. The second-order valence-corrected chi connectivity index (χ2v) is 3.63. The van der Waals surface area contributed by atoms with Crippen molar-refractivity contribution in [2.24, 2.45) is 0 Å². The summed E-state index contributed by atoms with van der Waals surface area (Å²) in [5.41, 5.74) is 0.644. The van der Waals surface area contributed by atoms with Gasteiger partial charge in [0.05, 0.1) is 7.11 Å². The smallest absolute Gasteiger partial charge is 0.411 e. The van der Waals surface area contributed by atoms with Crippen LogP contribution < -0.4 is 15.4 Å². The summed E-state index contributed by atoms with van der Waals surface area (Å²) >= 11 is 0. The molecule has 2 N–H and O–H groups in total. The zero-order valence-corrected chi connectivity index (χ0v) is 10.3. The molecule has 0 aromatic heterocycles. The number of likely N-dealkylation sites (N-methyl/N-ethyl adjacent to an activating group) is 1. The molecule has 5 nitrogen and oxygen atoms in total. The summed E-state index contributed by atoms with van der Waals surface area (Å²) < 4.78 is 10.2. The molecule has 0 heterocycles. The minimum Gasteiger partial charge on any atom is -0.497 e. The quantitative estimate of drug-likeness (QED) is 0.822. The molecule has 0 aliphatic rings. The number of hydrogen-bond acceptors (Lipinski definition) is 4. The summed E-state index contributed by atoms with van der Waals surface area (Å²) in [4.78, 5) is 11.5. The van der Waals surface area contributed by atoms with Crippen LogP contribution in [0.15, 0.2) is 24.3 Å². The number of hydrogen-bond donors (Lipinski definition) is 2. The molecule has 0 fully saturated rings. The minimum atomic E-state index is -0.471. The van der Waals surface area contributed by atoms with E-state index in [1.807, 2.05) is 6.92 Å². The van der Waals surface area contributed by atoms with Gasteiger partial charge in [-0.25, -0.2) is 4.79 Å². The summed E-state index contributed by atoms with van der Waals surface area (Å²) in [6.07, 6.45) is -0.647. The summed E-state index contributed by atoms with van der Waals surface area (Å²) in [7, 11) is 3.38. The van der Waals surface area contributed by atoms with Crippen molar-refractivity contribution in [3.8, 4) is 5.75 Å². The third kappa shape index (κ3) is 4.74. The fraction of sp³-hybridized carbons (Fsp3) is 0.417. The van der Waals surface area contributed by atoms with Crippen LogP contribution in [0.2, 0.25) is 0 Å². The van der Waals surface area contributed by atoms with Gasteiger partial charge in [0.1, 0.15) is 11.9 Å². The van der Waals surface area contributed by atoms with E-state index in [2.05, 4.69) is 10.6 Å². The number of ether oxygens (including phenoxy) is 2. The lowest BCUT2D eigenvalue weighted by atomic mass is 10.3. The standard InChI is InChI=1S/C12H18N2O3/c1-9(8-13-2)17-12(15)14-10-5-4-6-11(7-10)16-3/h4-7,9,13H,8H2,1-3H3,(H,14,15). The predicted molar refractivity (Wildman–Crippen MR) is 66.5 cm³/mol. The maximum atomic E-state index is 11.5. The van der Waals surface area contributed by atoms with Crippen LogP contribution in [0.25, 0.3) is 0 Å². The molecule has 0 bridgehead atoms. The van der Waals surface area contributed by atoms with E-state index in [9.17, 15) is 4.79 Å². The fourth-order valence-corrected chi connectivity index (χ4v) is 1.36. The van der Waals surface area contributed by atoms with Crippen molar-refractivity contribution in [1.29, 1.82) is 0 Å². The lowest BCUT2D eigenvalue weighted by Crippen LogP contribution is -2.28. The van der Waals surface area contributed by atoms with Gasteiger partial charge >= 0.3 is 6.09 Å². The number of benzene rings is 1. The molecule has 0 spiro atoms. The summed E-state index contributed by atoms with van der Waals surface area (Å²) in [6, 6.07) is 7.10. The molecule has 5 heteroatoms. The third-order valence-electron chi connectivity index (χ3n) is 2.12. The highest BCUT2D eigenvalue weighted by Crippen LogP contribution is 2.16. The number of anilines is 1. The zero-order valence-electron chi connectivity index (χ0n) is 10.3. The van der Waals surface area contributed by atoms with Crippen LogP contribution in [0.5, 0.6) is 5.75 Å². The Morgan fingerprint density at radius 3 is 2.88 bits per heavy atom. The number of methoxy groups -OCH3 is 1. The van der Waals surface area contributed by atoms with Gasteiger partial charge in [-0.1, -0.05) is 6.07 Å². The Hall–Kier alpha value is -1.75. The highest BCUT2D eigenvalue weighted by molar-refractivity contribution is 5.84. The Balaban J connectivity index is 2.49. The first-order valence-electron chi connectivity index (χ1n) is 5.42. The normalized spacial score (nSPS) is 11.7. The van der Waals surface area contributed by atoms with Gasteiger partial charge in [0.2, 0.25) is 0 Å². The Morgan fingerprint density at radius 1 is 1.47 bits per heavy atom. The van der Waals surface area contributed by atoms with Crippen LogP contribution in [-0.2, 0) is 4.74 Å². The molecule has 1 atom stereocenters. The molecule has 1 rings (SSSR count). The minimum absolute atomic E-state index is 0.175. The van der Waals surface area contributed by atoms with Crippen molar-refractivity contribution in [3.05, 3.63) is 24.3 Å². The van der Waals surface area contributed by atoms with E-state index in [4.69, 9.17) is 9.47 Å². The van der Waals surface area contributed by atoms with E-state index in [1.165, 1.54) is 0 Å². The van der Waals surface area contributed by atoms with Crippen LogP contribution >= 0.6 is 0 Å². The predicted octanol–water partition coefficient (Wildman–Crippen LogP) is 1.85. The zero-order chi connectivity index (χ0) is 12.7. The van der Waals surface area contributed by atoms with Gasteiger partial charge in [-0.05, 0) is 26.1 Å². The first-order valence-corrected chi connectivity index (χ1v) is 5.42. The van der Waals surface area contributed by atoms with Crippen LogP contribution in [0, 0.1) is 0 Å². The summed E-state index contributed by atoms with van der Waals surface area (Å²) in [5, 5.41) is 5.57. The highest BCUT2D eigenvalue weighted by Gasteiger charge is 2.08. The molecular weight excluding hydrogens is 220 g/mol. The number of carbonyl (C=O) groups excluding carboxylic acids is 1. The van der Waals surface area contributed by atoms with E-state index in [0.717, 1.165) is 0 Å². The monoisotopic (exact) mass is 238 g/mol. The van der Waals surface area contributed by atoms with Crippen molar-refractivity contribution < 1.29 is 14.3 Å². The fourth-order valence-electron chi connectivity index (χ4n) is 1.36. The SMILES string of the molecule is CNCC(C)OC(=O)Nc1cccc(OC)c1. The molecule has 1 amide bonds. The summed E-state index contributed by atoms with van der Waals surface area (Å²) in [6.45, 7) is 2.44. The molecular formula is C12H18N2O3. The van der Waals surface area contributed by atoms with Gasteiger partial charge in [-0.15, -0.1) is 0 Å². The van der Waals surface area contributed by atoms with E-state index in [0.29, 0.717) is 18.0 Å². The summed E-state index contributed by atoms with van der Waals surface area (Å²) in [5.74, 6) is 0.686. The Morgan fingerprint density at radius 2 is 2.24 bits per heavy atom. The topological polar surface area (TPSA) is 59.6 Å². The number of amides is 1. The van der Waals surface area contributed by atoms with Crippen LogP contribution in [0.4, 0.5) is 10.5 Å². The molecule has 0 saturated heterocycles. The van der Waals surface area contributed by atoms with Gasteiger partial charge in [0, 0.05) is 18.3 Å². The van der Waals surface area contributed by atoms with Crippen LogP contribution in [-0.4, -0.2) is 32.9 Å². The van der Waals surface area contributed by atoms with Crippen molar-refractivity contribution in [2.45, 2.75) is 13.0 Å². The van der Waals surface area contributed by atoms with Crippen LogP contribution in [0.3, 0.4) is 0 Å². The van der Waals surface area contributed by atoms with Gasteiger partial charge < -0.3 is 14.8 Å². The van der Waals surface area contributed by atoms with Crippen molar-refractivity contribution >= 4 is 11.8 Å². The average molecular weight is 238 g/mol. The Kier molecular flexibility index (Phi) is 5.29. The maximum Gasteiger partial charge on any atom is 0.411 e. The number of carbonyl (C=O) groups is 1. The average Bonchev–Trinajstić information content (AvgIpc) is 2.29. The molecule has 0 saturated carbocycles. The Labute approximate surface area is 101 Å². The maximum absolute atomic E-state index is 11.5. The van der Waals surface area contributed by atoms with Crippen molar-refractivity contribution in [1.82, 2.24) is 5.32 Å². The first-order chi connectivity index (χ1) is 8.15. The van der Waals surface area contributed by atoms with Crippen molar-refractivity contribution in [2.75, 3.05) is 26.0 Å². The Bertz CT molecular complexity index is 369. The lowest BCUT2D eigenvalue weighted by molar-refractivity contribution is 0.121. The number of rotatable bonds is 5. The third-order valence-corrected chi connectivity index (χ3v) is 2.12. The van der Waals surface area contributed by atoms with Gasteiger partial charge in [-0.3, -0.25) is 5.32 Å². The van der Waals surface area contributed by atoms with Gasteiger partial charge in [-0.2, -0.15) is 0 Å². The molecule has 0 radical (unpaired) electrons. The molecule has 1 aromatic rings. The molecule has 0 aliphatic carbocycles. The molecule has 1 aromatic carbocycles. The van der Waals surface area contributed by atoms with E-state index >= 15 is 0 Å². The molecule has 1 unspecified atom stereocenters. The lowest BCUT2D eigenvalue weighted by Gasteiger charge is -2.13. The largest absolute Gasteiger partial charge is 0.497 e. The van der Waals surface area contributed by atoms with E-state index < -0.39 is 6.09 Å². The van der Waals surface area contributed by atoms with Crippen LogP contribution in [0.1, 0.15) is 6.92 Å². The first kappa shape index (κ1) is 13.3. The molecule has 0 aliphatic heterocycles. The molecule has 94 valence electrons. The van der Waals surface area contributed by atoms with E-state index in [1.54, 1.807) is 38.4 Å². The second-order valence-electron chi connectivity index (χ2n) is 3.63. The number of nitrogens with one attached hydrogen (secondary N) is 2. The highest BCUT2D eigenvalue weighted by atomic mass is 16.6. The molecule has 17 heavy (non-hydrogen) atoms.